The van der Waals surface area contributed by atoms with Crippen molar-refractivity contribution in [1.29, 1.82) is 0 Å². The summed E-state index contributed by atoms with van der Waals surface area (Å²) in [4.78, 5) is 65.2. The van der Waals surface area contributed by atoms with E-state index in [0.29, 0.717) is 38.8 Å². The van der Waals surface area contributed by atoms with Gasteiger partial charge in [0.2, 0.25) is 13.5 Å². The number of hydrogen-bond acceptors (Lipinski definition) is 9. The van der Waals surface area contributed by atoms with Gasteiger partial charge in [-0.15, -0.1) is 37.2 Å². The van der Waals surface area contributed by atoms with E-state index in [1.165, 1.54) is 0 Å². The first-order valence-electron chi connectivity index (χ1n) is 26.1. The lowest BCUT2D eigenvalue weighted by Crippen LogP contribution is -2.47. The number of aryl methyl sites for hydroxylation is 2. The Balaban J connectivity index is 0.000000321. The zero-order valence-electron chi connectivity index (χ0n) is 46.2. The van der Waals surface area contributed by atoms with Gasteiger partial charge in [0.25, 0.3) is 11.6 Å². The molecular formula is C57H81Cl3N8O8+2. The minimum atomic E-state index is -0.849. The van der Waals surface area contributed by atoms with Crippen LogP contribution in [0, 0.1) is 36.5 Å². The van der Waals surface area contributed by atoms with Crippen LogP contribution in [0.25, 0.3) is 21.8 Å². The number of para-hydroxylation sites is 2. The number of rotatable bonds is 17. The molecule has 16 nitrogen and oxygen atoms in total. The molecule has 19 heteroatoms. The summed E-state index contributed by atoms with van der Waals surface area (Å²) in [5, 5.41) is 4.81. The molecule has 0 spiro atoms. The number of fused-ring (bicyclic) bond motifs is 6. The van der Waals surface area contributed by atoms with Crippen LogP contribution in [0.1, 0.15) is 131 Å². The van der Waals surface area contributed by atoms with Crippen molar-refractivity contribution in [2.24, 2.45) is 42.5 Å². The number of nitrogens with zero attached hydrogens (tertiary/aromatic N) is 6. The lowest BCUT2D eigenvalue weighted by molar-refractivity contribution is -0.733. The van der Waals surface area contributed by atoms with Crippen molar-refractivity contribution in [3.05, 3.63) is 107 Å². The minimum absolute atomic E-state index is 0. The van der Waals surface area contributed by atoms with Crippen molar-refractivity contribution in [3.8, 4) is 0 Å². The van der Waals surface area contributed by atoms with Crippen LogP contribution >= 0.6 is 37.2 Å². The van der Waals surface area contributed by atoms with Gasteiger partial charge >= 0.3 is 18.0 Å². The summed E-state index contributed by atoms with van der Waals surface area (Å²) in [5.41, 5.74) is 9.98. The molecule has 2 aromatic carbocycles. The predicted octanol–water partition coefficient (Wildman–Crippen LogP) is 9.41. The summed E-state index contributed by atoms with van der Waals surface area (Å²) in [5.74, 6) is 1.46. The van der Waals surface area contributed by atoms with Crippen molar-refractivity contribution in [2.45, 2.75) is 146 Å². The normalized spacial score (nSPS) is 15.3. The van der Waals surface area contributed by atoms with Crippen LogP contribution in [0.3, 0.4) is 0 Å². The Morgan fingerprint density at radius 1 is 0.658 bits per heavy atom. The third-order valence-corrected chi connectivity index (χ3v) is 16.1. The quantitative estimate of drug-likeness (QED) is 0.0512. The fraction of sp³-hybridized carbons (Fsp3) is 0.526. The van der Waals surface area contributed by atoms with E-state index in [1.807, 2.05) is 126 Å². The molecule has 76 heavy (non-hydrogen) atoms. The van der Waals surface area contributed by atoms with Gasteiger partial charge in [-0.05, 0) is 84.3 Å². The van der Waals surface area contributed by atoms with Gasteiger partial charge in [0.1, 0.15) is 43.5 Å². The molecule has 0 aliphatic heterocycles. The average molecular weight is 1110 g/mol. The number of imidazole rings is 2. The smallest absolute Gasteiger partial charge is 0.407 e. The van der Waals surface area contributed by atoms with E-state index < -0.39 is 22.5 Å². The van der Waals surface area contributed by atoms with Gasteiger partial charge < -0.3 is 34.4 Å². The number of nitrogens with one attached hydrogen (secondary N) is 1. The van der Waals surface area contributed by atoms with E-state index in [1.54, 1.807) is 20.8 Å². The number of amides is 1. The molecule has 8 rings (SSSR count). The van der Waals surface area contributed by atoms with Crippen molar-refractivity contribution in [3.63, 3.8) is 0 Å². The van der Waals surface area contributed by atoms with Gasteiger partial charge in [-0.2, -0.15) is 9.13 Å². The maximum absolute atomic E-state index is 13.6. The molecule has 4 aromatic heterocycles. The summed E-state index contributed by atoms with van der Waals surface area (Å²) >= 11 is 0. The first kappa shape index (κ1) is 62.9. The molecule has 2 atom stereocenters. The lowest BCUT2D eigenvalue weighted by Gasteiger charge is -2.29. The average Bonchev–Trinajstić information content (AvgIpc) is 4.09. The Bertz CT molecular complexity index is 3000. The number of carbonyl (C=O) groups is 5. The topological polar surface area (TPSA) is 179 Å². The number of nitrogens with two attached hydrogens (primary N) is 1. The summed E-state index contributed by atoms with van der Waals surface area (Å²) < 4.78 is 28.9. The number of ketones is 2. The molecule has 0 fully saturated rings. The molecule has 2 aliphatic rings. The van der Waals surface area contributed by atoms with E-state index in [0.717, 1.165) is 81.7 Å². The number of carbonyl (C=O) groups excluding carboxylic acids is 5. The van der Waals surface area contributed by atoms with Crippen LogP contribution in [0.15, 0.2) is 73.3 Å². The second-order valence-electron chi connectivity index (χ2n) is 21.1. The van der Waals surface area contributed by atoms with Crippen molar-refractivity contribution < 1.29 is 47.3 Å². The molecule has 4 heterocycles. The lowest BCUT2D eigenvalue weighted by atomic mass is 9.82. The summed E-state index contributed by atoms with van der Waals surface area (Å²) in [7, 11) is 4.08. The fourth-order valence-electron chi connectivity index (χ4n) is 10.8. The largest absolute Gasteiger partial charge is 0.444 e. The van der Waals surface area contributed by atoms with Crippen molar-refractivity contribution in [1.82, 2.24) is 23.6 Å². The highest BCUT2D eigenvalue weighted by Gasteiger charge is 2.40. The molecule has 0 bridgehead atoms. The molecule has 6 aromatic rings. The van der Waals surface area contributed by atoms with Gasteiger partial charge in [-0.1, -0.05) is 64.1 Å². The highest BCUT2D eigenvalue weighted by Crippen LogP contribution is 2.36. The SMILES string of the molecule is CCC(CC)(CN)C(=O)OC[n+]1ccn(CC2CCc3c(c4ccccc4n3C)C2=O)c1C.CCC(CC)(CNC(=O)OC(C)(C)C)C(=O)OC[n+]1ccn(CC2CCc3c(c4ccccc4n3C)C2=O)c1C.Cl.Cl.Cl. The molecule has 0 radical (unpaired) electrons. The number of halogens is 3. The van der Waals surface area contributed by atoms with Crippen LogP contribution in [0.2, 0.25) is 0 Å². The van der Waals surface area contributed by atoms with Crippen molar-refractivity contribution >= 4 is 88.6 Å². The zero-order chi connectivity index (χ0) is 53.0. The van der Waals surface area contributed by atoms with Crippen LogP contribution in [0.4, 0.5) is 4.79 Å². The number of benzene rings is 2. The highest BCUT2D eigenvalue weighted by atomic mass is 35.5. The molecule has 416 valence electrons. The van der Waals surface area contributed by atoms with Crippen LogP contribution in [0.5, 0.6) is 0 Å². The Morgan fingerprint density at radius 2 is 1.05 bits per heavy atom. The number of ether oxygens (including phenoxy) is 3. The molecule has 2 unspecified atom stereocenters. The standard InChI is InChI=1S/C31H42N4O5.C26H35N4O3.3ClH/c1-8-31(9-2,19-32-29(38)40-30(4,5)6)28(37)39-20-35-17-16-34(21(35)3)18-22-14-15-25-26(27(22)36)23-12-10-11-13-24(23)33(25)7;1-5-26(6-2,16-27)25(32)33-17-30-14-13-29(18(30)3)15-19-11-12-22-23(24(19)31)20-9-7-8-10-21(20)28(22)4;;;/h10-13,16-17,22H,8-9,14-15,18-20H2,1-7H3;7-10,13-14,19H,5-6,11-12,15-17,27H2,1-4H3;3*1H/q;+1;;;/p+1. The van der Waals surface area contributed by atoms with E-state index in [9.17, 15) is 24.0 Å². The number of aromatic nitrogens is 6. The first-order valence-corrected chi connectivity index (χ1v) is 26.1. The third-order valence-electron chi connectivity index (χ3n) is 16.1. The second kappa shape index (κ2) is 26.1. The Labute approximate surface area is 466 Å². The van der Waals surface area contributed by atoms with Crippen molar-refractivity contribution in [2.75, 3.05) is 13.1 Å². The second-order valence-corrected chi connectivity index (χ2v) is 21.1. The number of Topliss-reactive ketones (excluding diaryl/α,β-unsaturated/α-hetero) is 2. The molecule has 1 amide bonds. The molecular weight excluding hydrogens is 1030 g/mol. The molecule has 0 saturated carbocycles. The minimum Gasteiger partial charge on any atom is -0.444 e. The van der Waals surface area contributed by atoms with E-state index >= 15 is 0 Å². The third kappa shape index (κ3) is 12.7. The number of hydrogen-bond donors (Lipinski definition) is 2. The van der Waals surface area contributed by atoms with E-state index in [2.05, 4.69) is 35.7 Å². The summed E-state index contributed by atoms with van der Waals surface area (Å²) in [6.45, 7) is 18.9. The Hall–Kier alpha value is -5.68. The summed E-state index contributed by atoms with van der Waals surface area (Å²) in [6.07, 6.45) is 12.8. The maximum Gasteiger partial charge on any atom is 0.407 e. The van der Waals surface area contributed by atoms with Gasteiger partial charge in [0, 0.05) is 85.4 Å². The summed E-state index contributed by atoms with van der Waals surface area (Å²) in [6, 6.07) is 16.2. The Morgan fingerprint density at radius 3 is 1.43 bits per heavy atom. The zero-order valence-corrected chi connectivity index (χ0v) is 48.7. The Kier molecular flexibility index (Phi) is 21.6. The monoisotopic (exact) mass is 1110 g/mol. The van der Waals surface area contributed by atoms with Crippen LogP contribution in [-0.2, 0) is 77.3 Å². The molecule has 3 N–H and O–H groups in total. The van der Waals surface area contributed by atoms with Gasteiger partial charge in [-0.25, -0.2) is 13.9 Å². The van der Waals surface area contributed by atoms with E-state index in [-0.39, 0.29) is 99.1 Å². The molecule has 2 aliphatic carbocycles. The fourth-order valence-corrected chi connectivity index (χ4v) is 10.8. The van der Waals surface area contributed by atoms with Gasteiger partial charge in [-0.3, -0.25) is 19.2 Å². The number of esters is 2. The number of alkyl carbamates (subject to hydrolysis) is 1. The highest BCUT2D eigenvalue weighted by molar-refractivity contribution is 6.12. The maximum atomic E-state index is 13.6. The van der Waals surface area contributed by atoms with Gasteiger partial charge in [0.05, 0.1) is 22.7 Å². The molecule has 0 saturated heterocycles. The first-order chi connectivity index (χ1) is 34.8. The predicted molar refractivity (Wildman–Crippen MR) is 300 cm³/mol. The van der Waals surface area contributed by atoms with Gasteiger partial charge in [0.15, 0.2) is 11.6 Å². The van der Waals surface area contributed by atoms with E-state index in [4.69, 9.17) is 19.9 Å². The van der Waals surface area contributed by atoms with Crippen LogP contribution in [-0.4, -0.2) is 66.6 Å². The van der Waals surface area contributed by atoms with Crippen LogP contribution < -0.4 is 20.2 Å².